The lowest BCUT2D eigenvalue weighted by Crippen LogP contribution is -2.39. The number of methoxy groups -OCH3 is 1. The van der Waals surface area contributed by atoms with Crippen LogP contribution in [0.2, 0.25) is 0 Å². The van der Waals surface area contributed by atoms with Gasteiger partial charge in [-0.1, -0.05) is 12.1 Å². The van der Waals surface area contributed by atoms with Crippen LogP contribution in [0.25, 0.3) is 0 Å². The minimum Gasteiger partial charge on any atom is -0.496 e. The third-order valence-electron chi connectivity index (χ3n) is 3.95. The summed E-state index contributed by atoms with van der Waals surface area (Å²) >= 11 is 0. The van der Waals surface area contributed by atoms with Crippen molar-refractivity contribution in [2.24, 2.45) is 10.7 Å². The molecule has 128 valence electrons. The van der Waals surface area contributed by atoms with Gasteiger partial charge >= 0.3 is 0 Å². The summed E-state index contributed by atoms with van der Waals surface area (Å²) in [5.74, 6) is 1.40. The lowest BCUT2D eigenvalue weighted by Gasteiger charge is -2.26. The predicted molar refractivity (Wildman–Crippen MR) is 92.9 cm³/mol. The second-order valence-electron chi connectivity index (χ2n) is 5.74. The number of aliphatic imine (C=N–C) groups is 1. The minimum atomic E-state index is 0.500. The number of ether oxygens (including phenoxy) is 2. The van der Waals surface area contributed by atoms with Crippen molar-refractivity contribution in [3.05, 3.63) is 29.3 Å². The summed E-state index contributed by atoms with van der Waals surface area (Å²) < 4.78 is 10.6. The van der Waals surface area contributed by atoms with Crippen LogP contribution in [0.4, 0.5) is 0 Å². The third kappa shape index (κ3) is 6.08. The highest BCUT2D eigenvalue weighted by Gasteiger charge is 2.09. The van der Waals surface area contributed by atoms with Crippen LogP contribution in [-0.2, 0) is 11.3 Å². The Morgan fingerprint density at radius 3 is 2.87 bits per heavy atom. The molecule has 1 fully saturated rings. The molecule has 1 aliphatic heterocycles. The van der Waals surface area contributed by atoms with Crippen LogP contribution in [0.5, 0.6) is 5.75 Å². The van der Waals surface area contributed by atoms with Gasteiger partial charge < -0.3 is 20.5 Å². The number of aryl methyl sites for hydroxylation is 1. The van der Waals surface area contributed by atoms with E-state index in [0.29, 0.717) is 12.5 Å². The van der Waals surface area contributed by atoms with Gasteiger partial charge in [-0.2, -0.15) is 0 Å². The molecular formula is C17H28N4O2. The Morgan fingerprint density at radius 1 is 1.39 bits per heavy atom. The van der Waals surface area contributed by atoms with E-state index in [2.05, 4.69) is 21.3 Å². The molecule has 1 aromatic carbocycles. The molecule has 23 heavy (non-hydrogen) atoms. The van der Waals surface area contributed by atoms with Gasteiger partial charge in [0.1, 0.15) is 5.75 Å². The molecule has 1 aromatic rings. The van der Waals surface area contributed by atoms with Crippen molar-refractivity contribution in [1.82, 2.24) is 10.2 Å². The maximum absolute atomic E-state index is 5.92. The molecule has 6 heteroatoms. The van der Waals surface area contributed by atoms with Crippen LogP contribution < -0.4 is 15.8 Å². The van der Waals surface area contributed by atoms with Gasteiger partial charge in [-0.05, 0) is 37.1 Å². The Kier molecular flexibility index (Phi) is 7.16. The van der Waals surface area contributed by atoms with E-state index < -0.39 is 0 Å². The summed E-state index contributed by atoms with van der Waals surface area (Å²) in [6.07, 6.45) is 1.05. The zero-order chi connectivity index (χ0) is 16.5. The Hall–Kier alpha value is -1.79. The van der Waals surface area contributed by atoms with Crippen LogP contribution >= 0.6 is 0 Å². The minimum absolute atomic E-state index is 0.500. The number of nitrogens with two attached hydrogens (primary N) is 1. The van der Waals surface area contributed by atoms with E-state index in [-0.39, 0.29) is 0 Å². The Bertz CT molecular complexity index is 513. The Balaban J connectivity index is 1.67. The number of nitrogens with zero attached hydrogens (tertiary/aromatic N) is 2. The maximum Gasteiger partial charge on any atom is 0.188 e. The molecule has 0 saturated carbocycles. The van der Waals surface area contributed by atoms with Gasteiger partial charge in [-0.3, -0.25) is 4.90 Å². The summed E-state index contributed by atoms with van der Waals surface area (Å²) in [6, 6.07) is 6.06. The van der Waals surface area contributed by atoms with E-state index in [0.717, 1.165) is 62.7 Å². The summed E-state index contributed by atoms with van der Waals surface area (Å²) in [6.45, 7) is 8.26. The number of guanidine groups is 1. The number of rotatable bonds is 7. The van der Waals surface area contributed by atoms with Crippen molar-refractivity contribution in [1.29, 1.82) is 0 Å². The van der Waals surface area contributed by atoms with Crippen molar-refractivity contribution < 1.29 is 9.47 Å². The first-order valence-corrected chi connectivity index (χ1v) is 8.16. The summed E-state index contributed by atoms with van der Waals surface area (Å²) in [4.78, 5) is 6.80. The molecule has 0 unspecified atom stereocenters. The second-order valence-corrected chi connectivity index (χ2v) is 5.74. The number of benzene rings is 1. The standard InChI is InChI=1S/C17H28N4O2/c1-14-12-15(4-5-16(14)22-2)13-20-17(18)19-6-3-7-21-8-10-23-11-9-21/h4-5,12H,3,6-11,13H2,1-2H3,(H3,18,19,20). The smallest absolute Gasteiger partial charge is 0.188 e. The van der Waals surface area contributed by atoms with Gasteiger partial charge in [0.05, 0.1) is 26.9 Å². The summed E-state index contributed by atoms with van der Waals surface area (Å²) in [5.41, 5.74) is 8.15. The molecule has 0 aromatic heterocycles. The van der Waals surface area contributed by atoms with Crippen molar-refractivity contribution in [2.75, 3.05) is 46.5 Å². The van der Waals surface area contributed by atoms with E-state index in [9.17, 15) is 0 Å². The van der Waals surface area contributed by atoms with Gasteiger partial charge in [-0.25, -0.2) is 4.99 Å². The van der Waals surface area contributed by atoms with E-state index in [4.69, 9.17) is 15.2 Å². The Labute approximate surface area is 138 Å². The number of hydrogen-bond acceptors (Lipinski definition) is 4. The van der Waals surface area contributed by atoms with E-state index in [1.807, 2.05) is 19.1 Å². The van der Waals surface area contributed by atoms with Gasteiger partial charge in [0, 0.05) is 19.6 Å². The summed E-state index contributed by atoms with van der Waals surface area (Å²) in [5, 5.41) is 3.17. The van der Waals surface area contributed by atoms with E-state index >= 15 is 0 Å². The maximum atomic E-state index is 5.92. The fourth-order valence-electron chi connectivity index (χ4n) is 2.62. The molecule has 0 atom stereocenters. The zero-order valence-electron chi connectivity index (χ0n) is 14.2. The molecule has 0 bridgehead atoms. The normalized spacial score (nSPS) is 16.3. The quantitative estimate of drug-likeness (QED) is 0.448. The largest absolute Gasteiger partial charge is 0.496 e. The lowest BCUT2D eigenvalue weighted by molar-refractivity contribution is 0.0376. The highest BCUT2D eigenvalue weighted by Crippen LogP contribution is 2.18. The third-order valence-corrected chi connectivity index (χ3v) is 3.95. The molecule has 1 saturated heterocycles. The van der Waals surface area contributed by atoms with Crippen LogP contribution in [0, 0.1) is 6.92 Å². The zero-order valence-corrected chi connectivity index (χ0v) is 14.2. The predicted octanol–water partition coefficient (Wildman–Crippen LogP) is 1.13. The van der Waals surface area contributed by atoms with Crippen molar-refractivity contribution in [2.45, 2.75) is 19.9 Å². The molecule has 0 amide bonds. The molecule has 2 rings (SSSR count). The molecule has 1 heterocycles. The van der Waals surface area contributed by atoms with Crippen LogP contribution in [0.1, 0.15) is 17.5 Å². The molecule has 3 N–H and O–H groups in total. The molecular weight excluding hydrogens is 292 g/mol. The van der Waals surface area contributed by atoms with Gasteiger partial charge in [0.15, 0.2) is 5.96 Å². The van der Waals surface area contributed by atoms with E-state index in [1.165, 1.54) is 0 Å². The van der Waals surface area contributed by atoms with Gasteiger partial charge in [-0.15, -0.1) is 0 Å². The monoisotopic (exact) mass is 320 g/mol. The second kappa shape index (κ2) is 9.37. The van der Waals surface area contributed by atoms with Crippen LogP contribution in [0.15, 0.2) is 23.2 Å². The lowest BCUT2D eigenvalue weighted by atomic mass is 10.1. The van der Waals surface area contributed by atoms with Gasteiger partial charge in [0.2, 0.25) is 0 Å². The molecule has 1 aliphatic rings. The highest BCUT2D eigenvalue weighted by atomic mass is 16.5. The molecule has 6 nitrogen and oxygen atoms in total. The molecule has 0 radical (unpaired) electrons. The van der Waals surface area contributed by atoms with Crippen molar-refractivity contribution >= 4 is 5.96 Å². The average molecular weight is 320 g/mol. The fraction of sp³-hybridized carbons (Fsp3) is 0.588. The number of hydrogen-bond donors (Lipinski definition) is 2. The fourth-order valence-corrected chi connectivity index (χ4v) is 2.62. The van der Waals surface area contributed by atoms with Crippen LogP contribution in [-0.4, -0.2) is 57.4 Å². The average Bonchev–Trinajstić information content (AvgIpc) is 2.58. The Morgan fingerprint density at radius 2 is 2.17 bits per heavy atom. The van der Waals surface area contributed by atoms with Gasteiger partial charge in [0.25, 0.3) is 0 Å². The number of morpholine rings is 1. The van der Waals surface area contributed by atoms with Crippen molar-refractivity contribution in [3.8, 4) is 5.75 Å². The molecule has 0 aliphatic carbocycles. The first kappa shape index (κ1) is 17.6. The molecule has 0 spiro atoms. The first-order valence-electron chi connectivity index (χ1n) is 8.16. The number of nitrogens with one attached hydrogen (secondary N) is 1. The first-order chi connectivity index (χ1) is 11.2. The topological polar surface area (TPSA) is 72.1 Å². The highest BCUT2D eigenvalue weighted by molar-refractivity contribution is 5.77. The van der Waals surface area contributed by atoms with E-state index in [1.54, 1.807) is 7.11 Å². The van der Waals surface area contributed by atoms with Crippen molar-refractivity contribution in [3.63, 3.8) is 0 Å². The SMILES string of the molecule is COc1ccc(CN=C(N)NCCCN2CCOCC2)cc1C. The summed E-state index contributed by atoms with van der Waals surface area (Å²) in [7, 11) is 1.68. The van der Waals surface area contributed by atoms with Crippen LogP contribution in [0.3, 0.4) is 0 Å².